The Morgan fingerprint density at radius 3 is 2.35 bits per heavy atom. The molecule has 0 spiro atoms. The van der Waals surface area contributed by atoms with Gasteiger partial charge in [-0.3, -0.25) is 19.4 Å². The van der Waals surface area contributed by atoms with Gasteiger partial charge in [-0.1, -0.05) is 48.5 Å². The number of halogens is 1. The summed E-state index contributed by atoms with van der Waals surface area (Å²) >= 11 is 7.32. The second-order valence-corrected chi connectivity index (χ2v) is 8.71. The van der Waals surface area contributed by atoms with E-state index in [9.17, 15) is 9.59 Å². The third-order valence-electron chi connectivity index (χ3n) is 5.17. The van der Waals surface area contributed by atoms with Crippen LogP contribution in [0.5, 0.6) is 5.75 Å². The summed E-state index contributed by atoms with van der Waals surface area (Å²) in [4.78, 5) is 27.6. The first-order chi connectivity index (χ1) is 14.9. The Bertz CT molecular complexity index is 1220. The zero-order chi connectivity index (χ0) is 22.1. The quantitative estimate of drug-likeness (QED) is 0.209. The molecular weight excluding hydrogens is 523 g/mol. The van der Waals surface area contributed by atoms with E-state index in [4.69, 9.17) is 17.0 Å². The maximum atomic E-state index is 12.5. The maximum Gasteiger partial charge on any atom is 0.265 e. The topological polar surface area (TPSA) is 49.9 Å². The van der Waals surface area contributed by atoms with E-state index in [1.54, 1.807) is 20.2 Å². The van der Waals surface area contributed by atoms with Gasteiger partial charge in [0.05, 0.1) is 3.57 Å². The van der Waals surface area contributed by atoms with Gasteiger partial charge >= 0.3 is 0 Å². The third-order valence-corrected chi connectivity index (χ3v) is 6.56. The molecule has 3 aromatic carbocycles. The van der Waals surface area contributed by atoms with E-state index in [1.165, 1.54) is 20.6 Å². The third kappa shape index (κ3) is 4.20. The average molecular weight is 542 g/mol. The number of nitrogens with zero attached hydrogens (tertiary/aromatic N) is 2. The highest BCUT2D eigenvalue weighted by atomic mass is 127. The molecule has 0 bridgehead atoms. The molecule has 156 valence electrons. The van der Waals surface area contributed by atoms with E-state index < -0.39 is 11.8 Å². The highest BCUT2D eigenvalue weighted by Gasteiger charge is 2.35. The van der Waals surface area contributed by atoms with Gasteiger partial charge in [-0.15, -0.1) is 0 Å². The zero-order valence-electron chi connectivity index (χ0n) is 17.0. The van der Waals surface area contributed by atoms with Gasteiger partial charge < -0.3 is 4.74 Å². The summed E-state index contributed by atoms with van der Waals surface area (Å²) in [6.07, 6.45) is 1.59. The van der Waals surface area contributed by atoms with E-state index >= 15 is 0 Å². The molecule has 0 atom stereocenters. The van der Waals surface area contributed by atoms with Crippen LogP contribution in [-0.4, -0.2) is 40.8 Å². The monoisotopic (exact) mass is 542 g/mol. The number of amides is 2. The molecule has 0 unspecified atom stereocenters. The van der Waals surface area contributed by atoms with Crippen molar-refractivity contribution in [2.75, 3.05) is 14.1 Å². The van der Waals surface area contributed by atoms with Crippen molar-refractivity contribution in [2.24, 2.45) is 0 Å². The van der Waals surface area contributed by atoms with Crippen LogP contribution in [0.4, 0.5) is 0 Å². The van der Waals surface area contributed by atoms with Crippen LogP contribution >= 0.6 is 34.8 Å². The normalized spacial score (nSPS) is 14.4. The summed E-state index contributed by atoms with van der Waals surface area (Å²) in [5, 5.41) is 2.54. The molecule has 0 radical (unpaired) electrons. The van der Waals surface area contributed by atoms with Crippen molar-refractivity contribution in [1.82, 2.24) is 9.80 Å². The Kier molecular flexibility index (Phi) is 6.06. The van der Waals surface area contributed by atoms with Crippen molar-refractivity contribution >= 4 is 68.6 Å². The number of hydrogen-bond donors (Lipinski definition) is 0. The molecule has 1 heterocycles. The molecule has 31 heavy (non-hydrogen) atoms. The van der Waals surface area contributed by atoms with Gasteiger partial charge in [0.25, 0.3) is 11.8 Å². The molecule has 1 aliphatic rings. The van der Waals surface area contributed by atoms with E-state index in [0.717, 1.165) is 20.4 Å². The van der Waals surface area contributed by atoms with Crippen LogP contribution in [-0.2, 0) is 16.2 Å². The molecule has 7 heteroatoms. The second kappa shape index (κ2) is 8.76. The number of rotatable bonds is 4. The van der Waals surface area contributed by atoms with Crippen LogP contribution in [0.25, 0.3) is 16.8 Å². The number of fused-ring (bicyclic) bond motifs is 1. The molecule has 0 N–H and O–H groups in total. The van der Waals surface area contributed by atoms with Gasteiger partial charge in [-0.2, -0.15) is 0 Å². The van der Waals surface area contributed by atoms with E-state index in [2.05, 4.69) is 46.9 Å². The minimum atomic E-state index is -0.403. The minimum Gasteiger partial charge on any atom is -0.488 e. The number of thiocarbonyl (C=S) groups is 1. The molecular formula is C24H19IN2O3S. The number of carbonyl (C=O) groups excluding carboxylic acids is 2. The van der Waals surface area contributed by atoms with Crippen molar-refractivity contribution in [3.63, 3.8) is 0 Å². The smallest absolute Gasteiger partial charge is 0.265 e. The maximum absolute atomic E-state index is 12.5. The molecule has 1 fully saturated rings. The summed E-state index contributed by atoms with van der Waals surface area (Å²) in [6.45, 7) is 0.446. The lowest BCUT2D eigenvalue weighted by Crippen LogP contribution is -2.52. The Balaban J connectivity index is 1.56. The lowest BCUT2D eigenvalue weighted by Gasteiger charge is -2.31. The Morgan fingerprint density at radius 2 is 1.65 bits per heavy atom. The number of likely N-dealkylation sites (N-methyl/N-ethyl adjacent to an activating group) is 2. The first-order valence-electron chi connectivity index (χ1n) is 9.57. The second-order valence-electron chi connectivity index (χ2n) is 7.19. The van der Waals surface area contributed by atoms with Gasteiger partial charge in [0, 0.05) is 14.1 Å². The SMILES string of the molecule is CN1C(=O)C(=Cc2ccc(OCc3cccc4ccccc34)c(I)c2)C(=O)N(C)C1=S. The lowest BCUT2D eigenvalue weighted by atomic mass is 10.1. The molecule has 5 nitrogen and oxygen atoms in total. The van der Waals surface area contributed by atoms with Crippen LogP contribution in [0.3, 0.4) is 0 Å². The predicted octanol–water partition coefficient (Wildman–Crippen LogP) is 4.62. The fourth-order valence-corrected chi connectivity index (χ4v) is 4.30. The van der Waals surface area contributed by atoms with Crippen LogP contribution in [0.15, 0.2) is 66.2 Å². The average Bonchev–Trinajstić information content (AvgIpc) is 2.78. The lowest BCUT2D eigenvalue weighted by molar-refractivity contribution is -0.132. The molecule has 1 aliphatic heterocycles. The summed E-state index contributed by atoms with van der Waals surface area (Å²) in [6, 6.07) is 20.0. The molecule has 3 aromatic rings. The van der Waals surface area contributed by atoms with Gasteiger partial charge in [0.2, 0.25) is 0 Å². The van der Waals surface area contributed by atoms with Crippen molar-refractivity contribution in [1.29, 1.82) is 0 Å². The molecule has 4 rings (SSSR count). The number of ether oxygens (including phenoxy) is 1. The molecule has 2 amide bonds. The van der Waals surface area contributed by atoms with Crippen LogP contribution in [0, 0.1) is 3.57 Å². The van der Waals surface area contributed by atoms with Crippen molar-refractivity contribution in [3.05, 3.63) is 80.9 Å². The fourth-order valence-electron chi connectivity index (χ4n) is 3.44. The zero-order valence-corrected chi connectivity index (χ0v) is 19.9. The van der Waals surface area contributed by atoms with E-state index in [-0.39, 0.29) is 10.7 Å². The van der Waals surface area contributed by atoms with Gasteiger partial charge in [0.1, 0.15) is 17.9 Å². The van der Waals surface area contributed by atoms with Crippen molar-refractivity contribution in [2.45, 2.75) is 6.61 Å². The Labute approximate surface area is 199 Å². The van der Waals surface area contributed by atoms with Gasteiger partial charge in [0.15, 0.2) is 5.11 Å². The van der Waals surface area contributed by atoms with Gasteiger partial charge in [-0.05, 0) is 74.9 Å². The van der Waals surface area contributed by atoms with Crippen LogP contribution in [0.2, 0.25) is 0 Å². The summed E-state index contributed by atoms with van der Waals surface area (Å²) in [7, 11) is 3.13. The number of carbonyl (C=O) groups is 2. The number of benzene rings is 3. The fraction of sp³-hybridized carbons (Fsp3) is 0.125. The number of hydrogen-bond acceptors (Lipinski definition) is 4. The van der Waals surface area contributed by atoms with Crippen molar-refractivity contribution in [3.8, 4) is 5.75 Å². The highest BCUT2D eigenvalue weighted by molar-refractivity contribution is 14.1. The first-order valence-corrected chi connectivity index (χ1v) is 11.1. The first kappa shape index (κ1) is 21.5. The summed E-state index contributed by atoms with van der Waals surface area (Å²) in [5.74, 6) is -0.0637. The highest BCUT2D eigenvalue weighted by Crippen LogP contribution is 2.27. The summed E-state index contributed by atoms with van der Waals surface area (Å²) in [5.41, 5.74) is 1.94. The largest absolute Gasteiger partial charge is 0.488 e. The van der Waals surface area contributed by atoms with Gasteiger partial charge in [-0.25, -0.2) is 0 Å². The Hall–Kier alpha value is -2.78. The van der Waals surface area contributed by atoms with Crippen LogP contribution < -0.4 is 4.74 Å². The molecule has 0 saturated carbocycles. The predicted molar refractivity (Wildman–Crippen MR) is 134 cm³/mol. The van der Waals surface area contributed by atoms with E-state index in [1.807, 2.05) is 36.4 Å². The molecule has 0 aliphatic carbocycles. The van der Waals surface area contributed by atoms with Crippen LogP contribution in [0.1, 0.15) is 11.1 Å². The Morgan fingerprint density at radius 1 is 0.968 bits per heavy atom. The molecule has 1 saturated heterocycles. The molecule has 0 aromatic heterocycles. The van der Waals surface area contributed by atoms with Crippen molar-refractivity contribution < 1.29 is 14.3 Å². The van der Waals surface area contributed by atoms with E-state index in [0.29, 0.717) is 6.61 Å². The standard InChI is InChI=1S/C24H19IN2O3S/c1-26-22(28)19(23(29)27(2)24(26)31)12-15-10-11-21(20(25)13-15)30-14-17-8-5-7-16-6-3-4-9-18(16)17/h3-13H,14H2,1-2H3. The summed E-state index contributed by atoms with van der Waals surface area (Å²) < 4.78 is 6.96. The minimum absolute atomic E-state index is 0.0822.